The predicted octanol–water partition coefficient (Wildman–Crippen LogP) is 0.566. The molecule has 0 rings (SSSR count). The van der Waals surface area contributed by atoms with Crippen molar-refractivity contribution in [2.24, 2.45) is 0 Å². The predicted molar refractivity (Wildman–Crippen MR) is 69.0 cm³/mol. The van der Waals surface area contributed by atoms with Crippen molar-refractivity contribution in [3.63, 3.8) is 0 Å². The van der Waals surface area contributed by atoms with Crippen molar-refractivity contribution < 1.29 is 27.7 Å². The molecule has 0 aromatic heterocycles. The van der Waals surface area contributed by atoms with Gasteiger partial charge in [0.1, 0.15) is 0 Å². The lowest BCUT2D eigenvalue weighted by molar-refractivity contribution is -0.148. The maximum Gasteiger partial charge on any atom is 0.701 e. The van der Waals surface area contributed by atoms with E-state index in [1.165, 1.54) is 6.55 Å². The molecule has 0 saturated heterocycles. The van der Waals surface area contributed by atoms with Crippen LogP contribution in [0.5, 0.6) is 0 Å². The monoisotopic (exact) mass is 291 g/mol. The zero-order chi connectivity index (χ0) is 15.1. The molecule has 0 radical (unpaired) electrons. The van der Waals surface area contributed by atoms with Gasteiger partial charge in [-0.15, -0.1) is 0 Å². The Labute approximate surface area is 114 Å². The zero-order valence-corrected chi connectivity index (χ0v) is 13.0. The van der Waals surface area contributed by atoms with Crippen molar-refractivity contribution in [1.82, 2.24) is 4.90 Å². The van der Waals surface area contributed by atoms with Gasteiger partial charge in [-0.2, -0.15) is 0 Å². The van der Waals surface area contributed by atoms with Crippen LogP contribution in [0.2, 0.25) is 6.55 Å². The number of hydrogen-bond acceptors (Lipinski definition) is 7. The minimum atomic E-state index is -3.61. The molecule has 8 heteroatoms. The van der Waals surface area contributed by atoms with Crippen LogP contribution in [-0.4, -0.2) is 51.2 Å². The molecule has 0 unspecified atom stereocenters. The van der Waals surface area contributed by atoms with Gasteiger partial charge in [-0.1, -0.05) is 13.8 Å². The second kappa shape index (κ2) is 7.90. The smallest absolute Gasteiger partial charge is 0.455 e. The quantitative estimate of drug-likeness (QED) is 0.634. The lowest BCUT2D eigenvalue weighted by atomic mass is 10.5. The van der Waals surface area contributed by atoms with Crippen LogP contribution < -0.4 is 0 Å². The van der Waals surface area contributed by atoms with Crippen LogP contribution in [0.4, 0.5) is 0 Å². The zero-order valence-electron chi connectivity index (χ0n) is 12.0. The number of nitrogens with zero attached hydrogens (tertiary/aromatic N) is 1. The van der Waals surface area contributed by atoms with Gasteiger partial charge in [0.05, 0.1) is 6.54 Å². The van der Waals surface area contributed by atoms with E-state index in [0.717, 1.165) is 13.8 Å². The third-order valence-corrected chi connectivity index (χ3v) is 4.12. The molecule has 110 valence electrons. The van der Waals surface area contributed by atoms with Crippen LogP contribution in [0.15, 0.2) is 0 Å². The fourth-order valence-electron chi connectivity index (χ4n) is 1.45. The number of carbonyl (C=O) groups excluding carboxylic acids is 3. The van der Waals surface area contributed by atoms with Crippen molar-refractivity contribution in [2.45, 2.75) is 34.2 Å². The number of rotatable bonds is 7. The van der Waals surface area contributed by atoms with E-state index >= 15 is 0 Å². The van der Waals surface area contributed by atoms with Gasteiger partial charge in [-0.3, -0.25) is 19.3 Å². The summed E-state index contributed by atoms with van der Waals surface area (Å²) in [7, 11) is -3.61. The van der Waals surface area contributed by atoms with E-state index in [2.05, 4.69) is 0 Å². The van der Waals surface area contributed by atoms with Crippen molar-refractivity contribution in [3.8, 4) is 0 Å². The van der Waals surface area contributed by atoms with Crippen LogP contribution in [0.3, 0.4) is 0 Å². The molecule has 0 heterocycles. The van der Waals surface area contributed by atoms with Gasteiger partial charge < -0.3 is 13.3 Å². The molecule has 0 amide bonds. The van der Waals surface area contributed by atoms with E-state index in [9.17, 15) is 14.4 Å². The van der Waals surface area contributed by atoms with Crippen LogP contribution in [-0.2, 0) is 27.7 Å². The van der Waals surface area contributed by atoms with Gasteiger partial charge in [0, 0.05) is 20.4 Å². The molecule has 0 bridgehead atoms. The Morgan fingerprint density at radius 2 is 1.37 bits per heavy atom. The van der Waals surface area contributed by atoms with Crippen molar-refractivity contribution >= 4 is 26.7 Å². The van der Waals surface area contributed by atoms with E-state index in [4.69, 9.17) is 13.3 Å². The van der Waals surface area contributed by atoms with E-state index in [0.29, 0.717) is 13.1 Å². The Balaban J connectivity index is 4.67. The van der Waals surface area contributed by atoms with Crippen LogP contribution in [0.1, 0.15) is 27.7 Å². The Bertz CT molecular complexity index is 326. The summed E-state index contributed by atoms with van der Waals surface area (Å²) in [6.07, 6.45) is 0. The van der Waals surface area contributed by atoms with Crippen LogP contribution in [0.25, 0.3) is 0 Å². The Morgan fingerprint density at radius 1 is 0.947 bits per heavy atom. The highest BCUT2D eigenvalue weighted by molar-refractivity contribution is 6.64. The van der Waals surface area contributed by atoms with E-state index in [1.54, 1.807) is 0 Å². The summed E-state index contributed by atoms with van der Waals surface area (Å²) in [6, 6.07) is 0. The molecule has 0 atom stereocenters. The fraction of sp³-hybridized carbons (Fsp3) is 0.727. The summed E-state index contributed by atoms with van der Waals surface area (Å²) in [4.78, 5) is 35.5. The topological polar surface area (TPSA) is 82.1 Å². The molecule has 0 fully saturated rings. The average Bonchev–Trinajstić information content (AvgIpc) is 2.22. The van der Waals surface area contributed by atoms with E-state index in [-0.39, 0.29) is 6.54 Å². The maximum atomic E-state index is 11.7. The standard InChI is InChI=1S/C11H21NO6Si/c1-6-12(7-2)8-11(15)18-19(5,16-9(3)13)17-10(4)14/h6-8H2,1-5H3. The minimum absolute atomic E-state index is 0.0537. The van der Waals surface area contributed by atoms with Crippen molar-refractivity contribution in [2.75, 3.05) is 19.6 Å². The molecule has 0 N–H and O–H groups in total. The SMILES string of the molecule is CCN(CC)CC(=O)O[Si](C)(OC(C)=O)OC(C)=O. The fourth-order valence-corrected chi connectivity index (χ4v) is 3.10. The van der Waals surface area contributed by atoms with Gasteiger partial charge in [-0.25, -0.2) is 0 Å². The first-order valence-corrected chi connectivity index (χ1v) is 8.28. The second-order valence-electron chi connectivity index (χ2n) is 3.99. The summed E-state index contributed by atoms with van der Waals surface area (Å²) >= 11 is 0. The lowest BCUT2D eigenvalue weighted by Gasteiger charge is -2.25. The summed E-state index contributed by atoms with van der Waals surface area (Å²) in [5.74, 6) is -1.91. The first kappa shape index (κ1) is 17.6. The van der Waals surface area contributed by atoms with E-state index in [1.807, 2.05) is 18.7 Å². The molecular weight excluding hydrogens is 270 g/mol. The second-order valence-corrected chi connectivity index (χ2v) is 6.32. The third-order valence-electron chi connectivity index (χ3n) is 2.20. The molecule has 0 aliphatic carbocycles. The highest BCUT2D eigenvalue weighted by Crippen LogP contribution is 2.11. The average molecular weight is 291 g/mol. The molecule has 0 saturated carbocycles. The third kappa shape index (κ3) is 7.57. The van der Waals surface area contributed by atoms with Gasteiger partial charge >= 0.3 is 14.8 Å². The van der Waals surface area contributed by atoms with Gasteiger partial charge in [0.15, 0.2) is 0 Å². The Morgan fingerprint density at radius 3 is 1.68 bits per heavy atom. The largest absolute Gasteiger partial charge is 0.701 e. The number of carbonyl (C=O) groups is 3. The summed E-state index contributed by atoms with van der Waals surface area (Å²) in [5, 5.41) is 0. The van der Waals surface area contributed by atoms with Crippen molar-refractivity contribution in [1.29, 1.82) is 0 Å². The number of likely N-dealkylation sites (N-methyl/N-ethyl adjacent to an activating group) is 1. The summed E-state index contributed by atoms with van der Waals surface area (Å²) < 4.78 is 14.8. The highest BCUT2D eigenvalue weighted by atomic mass is 28.4. The molecule has 0 aliphatic heterocycles. The van der Waals surface area contributed by atoms with E-state index < -0.39 is 26.7 Å². The summed E-state index contributed by atoms with van der Waals surface area (Å²) in [5.41, 5.74) is 0. The Hall–Kier alpha value is -1.41. The van der Waals surface area contributed by atoms with Crippen LogP contribution in [0, 0.1) is 0 Å². The van der Waals surface area contributed by atoms with Gasteiger partial charge in [0.2, 0.25) is 0 Å². The molecule has 0 aromatic rings. The first-order chi connectivity index (χ1) is 8.72. The molecule has 0 spiro atoms. The lowest BCUT2D eigenvalue weighted by Crippen LogP contribution is -2.48. The highest BCUT2D eigenvalue weighted by Gasteiger charge is 2.46. The molecule has 19 heavy (non-hydrogen) atoms. The molecule has 0 aliphatic rings. The normalized spacial score (nSPS) is 11.1. The van der Waals surface area contributed by atoms with Gasteiger partial charge in [-0.05, 0) is 13.1 Å². The first-order valence-electron chi connectivity index (χ1n) is 6.05. The van der Waals surface area contributed by atoms with Crippen molar-refractivity contribution in [3.05, 3.63) is 0 Å². The number of hydrogen-bond donors (Lipinski definition) is 0. The molecule has 0 aromatic carbocycles. The van der Waals surface area contributed by atoms with Gasteiger partial charge in [0.25, 0.3) is 11.9 Å². The minimum Gasteiger partial charge on any atom is -0.455 e. The molecular formula is C11H21NO6Si. The molecule has 7 nitrogen and oxygen atoms in total. The Kier molecular flexibility index (Phi) is 7.31. The van der Waals surface area contributed by atoms with Crippen LogP contribution >= 0.6 is 0 Å². The maximum absolute atomic E-state index is 11.7. The summed E-state index contributed by atoms with van der Waals surface area (Å²) in [6.45, 7) is 8.89.